The van der Waals surface area contributed by atoms with E-state index in [0.29, 0.717) is 28.9 Å². The Morgan fingerprint density at radius 3 is 2.66 bits per heavy atom. The number of nitrogens with one attached hydrogen (secondary N) is 2. The van der Waals surface area contributed by atoms with Gasteiger partial charge >= 0.3 is 12.1 Å². The molecule has 8 nitrogen and oxygen atoms in total. The predicted octanol–water partition coefficient (Wildman–Crippen LogP) is 4.55. The first-order valence-electron chi connectivity index (χ1n) is 10.3. The summed E-state index contributed by atoms with van der Waals surface area (Å²) in [5.74, 6) is -1.73. The van der Waals surface area contributed by atoms with Crippen LogP contribution in [0, 0.1) is 5.92 Å². The molecule has 1 aromatic carbocycles. The van der Waals surface area contributed by atoms with Crippen molar-refractivity contribution in [2.24, 2.45) is 5.92 Å². The van der Waals surface area contributed by atoms with Crippen molar-refractivity contribution in [1.82, 2.24) is 10.3 Å². The Labute approximate surface area is 186 Å². The van der Waals surface area contributed by atoms with Crippen LogP contribution in [0.15, 0.2) is 48.7 Å². The number of rotatable bonds is 2. The summed E-state index contributed by atoms with van der Waals surface area (Å²) < 4.78 is 5.39. The van der Waals surface area contributed by atoms with Gasteiger partial charge in [-0.1, -0.05) is 19.1 Å². The second-order valence-corrected chi connectivity index (χ2v) is 8.68. The Kier molecular flexibility index (Phi) is 6.62. The average molecular weight is 437 g/mol. The number of aromatic carboxylic acids is 1. The summed E-state index contributed by atoms with van der Waals surface area (Å²) in [7, 11) is 0. The van der Waals surface area contributed by atoms with Crippen molar-refractivity contribution >= 4 is 23.7 Å². The summed E-state index contributed by atoms with van der Waals surface area (Å²) in [6.45, 7) is 7.10. The van der Waals surface area contributed by atoms with E-state index in [2.05, 4.69) is 15.6 Å². The maximum Gasteiger partial charge on any atom is 0.408 e. The zero-order valence-corrected chi connectivity index (χ0v) is 18.5. The van der Waals surface area contributed by atoms with E-state index in [1.807, 2.05) is 6.08 Å². The summed E-state index contributed by atoms with van der Waals surface area (Å²) in [4.78, 5) is 41.0. The summed E-state index contributed by atoms with van der Waals surface area (Å²) in [6.07, 6.45) is 5.00. The van der Waals surface area contributed by atoms with Crippen molar-refractivity contribution in [1.29, 1.82) is 0 Å². The predicted molar refractivity (Wildman–Crippen MR) is 120 cm³/mol. The molecular formula is C24H27N3O5. The van der Waals surface area contributed by atoms with E-state index in [9.17, 15) is 19.5 Å². The number of ether oxygens (including phenoxy) is 1. The van der Waals surface area contributed by atoms with E-state index in [-0.39, 0.29) is 11.5 Å². The van der Waals surface area contributed by atoms with Crippen LogP contribution in [0.3, 0.4) is 0 Å². The Balaban J connectivity index is 2.08. The first-order valence-corrected chi connectivity index (χ1v) is 10.3. The molecule has 0 fully saturated rings. The summed E-state index contributed by atoms with van der Waals surface area (Å²) in [6, 6.07) is 7.55. The Morgan fingerprint density at radius 1 is 1.22 bits per heavy atom. The first kappa shape index (κ1) is 23.0. The van der Waals surface area contributed by atoms with Gasteiger partial charge in [-0.3, -0.25) is 9.78 Å². The number of carboxylic acids is 1. The van der Waals surface area contributed by atoms with Crippen molar-refractivity contribution in [2.45, 2.75) is 45.8 Å². The molecule has 2 atom stereocenters. The number of carboxylic acid groups (broad SMARTS) is 1. The molecule has 0 saturated heterocycles. The van der Waals surface area contributed by atoms with Crippen molar-refractivity contribution in [2.75, 3.05) is 5.32 Å². The average Bonchev–Trinajstić information content (AvgIpc) is 2.71. The number of anilines is 1. The smallest absolute Gasteiger partial charge is 0.408 e. The number of nitrogens with zero attached hydrogens (tertiary/aromatic N) is 1. The molecule has 1 aliphatic rings. The van der Waals surface area contributed by atoms with Crippen molar-refractivity contribution in [3.05, 3.63) is 59.9 Å². The molecule has 0 unspecified atom stereocenters. The quantitative estimate of drug-likeness (QED) is 0.594. The molecule has 32 heavy (non-hydrogen) atoms. The normalized spacial score (nSPS) is 18.4. The molecule has 2 amide bonds. The van der Waals surface area contributed by atoms with Crippen LogP contribution in [-0.2, 0) is 9.53 Å². The number of carbonyl (C=O) groups excluding carboxylic acids is 2. The van der Waals surface area contributed by atoms with Crippen LogP contribution in [0.2, 0.25) is 0 Å². The standard InChI is InChI=1S/C24H27N3O5/c1-14-6-5-7-19(27-23(31)32-24(2,3)4)20-13-15(10-11-25-20)17-12-16(22(29)30)8-9-18(17)26-21(14)28/h5-6,8-14,19H,7H2,1-4H3,(H,26,28)(H,27,31)(H,29,30)/t14-,19+/m1/s1. The zero-order chi connectivity index (χ0) is 23.5. The molecule has 2 aromatic rings. The van der Waals surface area contributed by atoms with Crippen LogP contribution < -0.4 is 10.6 Å². The fraction of sp³-hybridized carbons (Fsp3) is 0.333. The first-order chi connectivity index (χ1) is 15.0. The van der Waals surface area contributed by atoms with Crippen LogP contribution in [0.25, 0.3) is 11.1 Å². The van der Waals surface area contributed by atoms with Gasteiger partial charge in [0.2, 0.25) is 5.91 Å². The number of carbonyl (C=O) groups is 3. The third-order valence-corrected chi connectivity index (χ3v) is 4.87. The molecule has 1 aliphatic heterocycles. The molecule has 3 rings (SSSR count). The van der Waals surface area contributed by atoms with Gasteiger partial charge in [-0.15, -0.1) is 0 Å². The molecule has 8 heteroatoms. The van der Waals surface area contributed by atoms with Crippen molar-refractivity contribution in [3.8, 4) is 11.1 Å². The molecule has 0 radical (unpaired) electrons. The van der Waals surface area contributed by atoms with E-state index in [4.69, 9.17) is 4.74 Å². The fourth-order valence-corrected chi connectivity index (χ4v) is 3.29. The SMILES string of the molecule is C[C@@H]1C=CC[C@H](NC(=O)OC(C)(C)C)c2cc(ccn2)-c2cc(C(=O)O)ccc2NC1=O. The highest BCUT2D eigenvalue weighted by Gasteiger charge is 2.23. The number of hydrogen-bond donors (Lipinski definition) is 3. The molecular weight excluding hydrogens is 410 g/mol. The Bertz CT molecular complexity index is 1070. The minimum Gasteiger partial charge on any atom is -0.478 e. The fourth-order valence-electron chi connectivity index (χ4n) is 3.29. The van der Waals surface area contributed by atoms with Gasteiger partial charge < -0.3 is 20.5 Å². The number of hydrogen-bond acceptors (Lipinski definition) is 5. The van der Waals surface area contributed by atoms with E-state index in [1.165, 1.54) is 12.1 Å². The number of fused-ring (bicyclic) bond motifs is 4. The van der Waals surface area contributed by atoms with Gasteiger partial charge in [0.1, 0.15) is 5.60 Å². The largest absolute Gasteiger partial charge is 0.478 e. The van der Waals surface area contributed by atoms with Gasteiger partial charge in [0.25, 0.3) is 0 Å². The number of aromatic nitrogens is 1. The lowest BCUT2D eigenvalue weighted by Gasteiger charge is -2.23. The van der Waals surface area contributed by atoms with Gasteiger partial charge in [-0.25, -0.2) is 9.59 Å². The summed E-state index contributed by atoms with van der Waals surface area (Å²) in [5.41, 5.74) is 1.74. The second kappa shape index (κ2) is 9.21. The van der Waals surface area contributed by atoms with E-state index >= 15 is 0 Å². The maximum atomic E-state index is 12.7. The monoisotopic (exact) mass is 437 g/mol. The lowest BCUT2D eigenvalue weighted by Crippen LogP contribution is -2.35. The van der Waals surface area contributed by atoms with Crippen LogP contribution in [0.4, 0.5) is 10.5 Å². The number of alkyl carbamates (subject to hydrolysis) is 1. The molecule has 168 valence electrons. The molecule has 0 spiro atoms. The lowest BCUT2D eigenvalue weighted by atomic mass is 9.97. The number of pyridine rings is 1. The topological polar surface area (TPSA) is 118 Å². The molecule has 3 N–H and O–H groups in total. The number of benzene rings is 1. The van der Waals surface area contributed by atoms with Gasteiger partial charge in [-0.2, -0.15) is 0 Å². The Hall–Kier alpha value is -3.68. The van der Waals surface area contributed by atoms with Crippen LogP contribution >= 0.6 is 0 Å². The Morgan fingerprint density at radius 2 is 1.97 bits per heavy atom. The van der Waals surface area contributed by atoms with Crippen molar-refractivity contribution < 1.29 is 24.2 Å². The molecule has 0 saturated carbocycles. The lowest BCUT2D eigenvalue weighted by molar-refractivity contribution is -0.118. The molecule has 0 aliphatic carbocycles. The molecule has 1 aromatic heterocycles. The summed E-state index contributed by atoms with van der Waals surface area (Å²) >= 11 is 0. The van der Waals surface area contributed by atoms with E-state index < -0.39 is 29.6 Å². The zero-order valence-electron chi connectivity index (χ0n) is 18.5. The minimum atomic E-state index is -1.07. The highest BCUT2D eigenvalue weighted by molar-refractivity contribution is 5.99. The van der Waals surface area contributed by atoms with Gasteiger partial charge in [0.15, 0.2) is 0 Å². The van der Waals surface area contributed by atoms with Crippen LogP contribution in [-0.4, -0.2) is 33.7 Å². The van der Waals surface area contributed by atoms with Gasteiger partial charge in [0.05, 0.1) is 23.2 Å². The van der Waals surface area contributed by atoms with Crippen LogP contribution in [0.5, 0.6) is 0 Å². The highest BCUT2D eigenvalue weighted by Crippen LogP contribution is 2.32. The maximum absolute atomic E-state index is 12.7. The van der Waals surface area contributed by atoms with Crippen molar-refractivity contribution in [3.63, 3.8) is 0 Å². The third kappa shape index (κ3) is 5.72. The highest BCUT2D eigenvalue weighted by atomic mass is 16.6. The third-order valence-electron chi connectivity index (χ3n) is 4.87. The van der Waals surface area contributed by atoms with E-state index in [0.717, 1.165) is 0 Å². The number of amides is 2. The molecule has 2 bridgehead atoms. The van der Waals surface area contributed by atoms with Gasteiger partial charge in [-0.05, 0) is 63.1 Å². The second-order valence-electron chi connectivity index (χ2n) is 8.68. The molecule has 2 heterocycles. The minimum absolute atomic E-state index is 0.0971. The summed E-state index contributed by atoms with van der Waals surface area (Å²) in [5, 5.41) is 15.2. The van der Waals surface area contributed by atoms with Gasteiger partial charge in [0, 0.05) is 17.4 Å². The van der Waals surface area contributed by atoms with Crippen LogP contribution in [0.1, 0.15) is 56.2 Å². The van der Waals surface area contributed by atoms with E-state index in [1.54, 1.807) is 58.2 Å².